The minimum atomic E-state index is -0.410. The zero-order chi connectivity index (χ0) is 20.3. The van der Waals surface area contributed by atoms with Crippen molar-refractivity contribution in [1.29, 1.82) is 0 Å². The van der Waals surface area contributed by atoms with Gasteiger partial charge in [-0.3, -0.25) is 25.0 Å². The second kappa shape index (κ2) is 16.9. The summed E-state index contributed by atoms with van der Waals surface area (Å²) >= 11 is 0. The van der Waals surface area contributed by atoms with Crippen LogP contribution in [0.15, 0.2) is 47.9 Å². The Bertz CT molecular complexity index is 577. The van der Waals surface area contributed by atoms with E-state index in [1.165, 1.54) is 6.08 Å². The van der Waals surface area contributed by atoms with Crippen LogP contribution in [0.25, 0.3) is 0 Å². The molecule has 0 aromatic heterocycles. The molecule has 0 bridgehead atoms. The van der Waals surface area contributed by atoms with Crippen molar-refractivity contribution in [3.8, 4) is 0 Å². The largest absolute Gasteiger partial charge is 0.291 e. The maximum Gasteiger partial charge on any atom is 0.246 e. The zero-order valence-electron chi connectivity index (χ0n) is 16.0. The molecule has 0 atom stereocenters. The first-order chi connectivity index (χ1) is 13.0. The van der Waals surface area contributed by atoms with Crippen molar-refractivity contribution in [3.63, 3.8) is 0 Å². The van der Waals surface area contributed by atoms with E-state index in [-0.39, 0.29) is 17.8 Å². The first-order valence-corrected chi connectivity index (χ1v) is 9.34. The molecule has 0 aliphatic rings. The van der Waals surface area contributed by atoms with Crippen LogP contribution in [0.3, 0.4) is 0 Å². The molecular formula is C20H29N2O5. The normalized spacial score (nSPS) is 12.8. The van der Waals surface area contributed by atoms with Crippen LogP contribution < -0.4 is 0 Å². The Kier molecular flexibility index (Phi) is 15.3. The molecule has 27 heavy (non-hydrogen) atoms. The van der Waals surface area contributed by atoms with Gasteiger partial charge in [0.1, 0.15) is 0 Å². The summed E-state index contributed by atoms with van der Waals surface area (Å²) in [5.41, 5.74) is 0.270. The summed E-state index contributed by atoms with van der Waals surface area (Å²) in [6.45, 7) is 1.71. The first kappa shape index (κ1) is 24.4. The zero-order valence-corrected chi connectivity index (χ0v) is 16.0. The number of rotatable bonds is 16. The summed E-state index contributed by atoms with van der Waals surface area (Å²) in [7, 11) is 0. The number of carbonyl (C=O) groups excluding carboxylic acids is 1. The van der Waals surface area contributed by atoms with Crippen molar-refractivity contribution in [2.75, 3.05) is 0 Å². The maximum absolute atomic E-state index is 11.0. The molecule has 0 aromatic carbocycles. The Morgan fingerprint density at radius 2 is 1.44 bits per heavy atom. The third-order valence-electron chi connectivity index (χ3n) is 3.87. The Hall–Kier alpha value is -2.57. The highest BCUT2D eigenvalue weighted by molar-refractivity contribution is 5.50. The van der Waals surface area contributed by atoms with E-state index >= 15 is 0 Å². The molecule has 0 fully saturated rings. The van der Waals surface area contributed by atoms with Gasteiger partial charge in [-0.15, -0.1) is 0 Å². The topological polar surface area (TPSA) is 103 Å². The van der Waals surface area contributed by atoms with Gasteiger partial charge >= 0.3 is 0 Å². The van der Waals surface area contributed by atoms with E-state index in [2.05, 4.69) is 0 Å². The SMILES string of the molecule is CC/C(=C/C/C=C/C/C(=C/C/C=C/CCCCCC[C]=O)[N+](=O)[O-])[N+](=O)[O-]. The number of nitrogens with zero attached hydrogens (tertiary/aromatic N) is 2. The molecule has 0 amide bonds. The highest BCUT2D eigenvalue weighted by atomic mass is 16.6. The van der Waals surface area contributed by atoms with Crippen LogP contribution in [0.5, 0.6) is 0 Å². The molecule has 0 aromatic rings. The summed E-state index contributed by atoms with van der Waals surface area (Å²) in [5.74, 6) is 0. The lowest BCUT2D eigenvalue weighted by atomic mass is 10.1. The van der Waals surface area contributed by atoms with E-state index in [1.54, 1.807) is 25.2 Å². The molecule has 0 aliphatic carbocycles. The molecule has 7 nitrogen and oxygen atoms in total. The Labute approximate surface area is 160 Å². The fourth-order valence-electron chi connectivity index (χ4n) is 2.32. The average molecular weight is 377 g/mol. The van der Waals surface area contributed by atoms with Gasteiger partial charge in [-0.1, -0.05) is 44.1 Å². The van der Waals surface area contributed by atoms with Gasteiger partial charge in [0, 0.05) is 12.8 Å². The van der Waals surface area contributed by atoms with Crippen molar-refractivity contribution in [2.24, 2.45) is 0 Å². The minimum absolute atomic E-state index is 0.120. The van der Waals surface area contributed by atoms with E-state index in [0.717, 1.165) is 32.1 Å². The van der Waals surface area contributed by atoms with Crippen molar-refractivity contribution in [2.45, 2.75) is 71.1 Å². The molecule has 0 rings (SSSR count). The van der Waals surface area contributed by atoms with Crippen molar-refractivity contribution in [1.82, 2.24) is 0 Å². The smallest absolute Gasteiger partial charge is 0.246 e. The predicted octanol–water partition coefficient (Wildman–Crippen LogP) is 5.45. The molecule has 0 N–H and O–H groups in total. The minimum Gasteiger partial charge on any atom is -0.291 e. The Morgan fingerprint density at radius 3 is 2.04 bits per heavy atom. The average Bonchev–Trinajstić information content (AvgIpc) is 2.63. The number of allylic oxidation sites excluding steroid dienone is 7. The quantitative estimate of drug-likeness (QED) is 0.154. The third-order valence-corrected chi connectivity index (χ3v) is 3.87. The molecule has 7 heteroatoms. The van der Waals surface area contributed by atoms with Gasteiger partial charge in [0.15, 0.2) is 6.29 Å². The van der Waals surface area contributed by atoms with E-state index in [4.69, 9.17) is 0 Å². The van der Waals surface area contributed by atoms with Crippen LogP contribution in [0, 0.1) is 20.2 Å². The monoisotopic (exact) mass is 377 g/mol. The summed E-state index contributed by atoms with van der Waals surface area (Å²) in [6, 6.07) is 0. The maximum atomic E-state index is 11.0. The van der Waals surface area contributed by atoms with Crippen LogP contribution >= 0.6 is 0 Å². The second-order valence-electron chi connectivity index (χ2n) is 5.97. The van der Waals surface area contributed by atoms with E-state index in [9.17, 15) is 25.0 Å². The van der Waals surface area contributed by atoms with Gasteiger partial charge in [-0.2, -0.15) is 0 Å². The highest BCUT2D eigenvalue weighted by Crippen LogP contribution is 2.09. The van der Waals surface area contributed by atoms with Crippen LogP contribution in [0.4, 0.5) is 0 Å². The number of unbranched alkanes of at least 4 members (excludes halogenated alkanes) is 5. The molecule has 0 saturated heterocycles. The van der Waals surface area contributed by atoms with Gasteiger partial charge in [-0.25, -0.2) is 0 Å². The molecule has 0 heterocycles. The third kappa shape index (κ3) is 14.3. The lowest BCUT2D eigenvalue weighted by Gasteiger charge is -1.96. The first-order valence-electron chi connectivity index (χ1n) is 9.34. The molecule has 0 aliphatic heterocycles. The van der Waals surface area contributed by atoms with Crippen molar-refractivity contribution < 1.29 is 14.6 Å². The van der Waals surface area contributed by atoms with E-state index in [0.29, 0.717) is 25.7 Å². The Balaban J connectivity index is 4.19. The molecular weight excluding hydrogens is 348 g/mol. The summed E-state index contributed by atoms with van der Waals surface area (Å²) in [4.78, 5) is 31.0. The molecule has 0 spiro atoms. The fourth-order valence-corrected chi connectivity index (χ4v) is 2.32. The van der Waals surface area contributed by atoms with Gasteiger partial charge in [0.2, 0.25) is 11.4 Å². The standard InChI is InChI=1S/C20H29N2O5/c1-2-19(21(24)25)15-12-10-13-17-20(22(26)27)16-11-8-6-4-3-5-7-9-14-18-23/h6,8,10,13,15-16H,2-5,7,9,11-12,14,17H2,1H3/b8-6+,13-10+,19-15-,20-16-. The number of hydrogen-bond donors (Lipinski definition) is 0. The van der Waals surface area contributed by atoms with E-state index < -0.39 is 9.85 Å². The van der Waals surface area contributed by atoms with Crippen LogP contribution in [0.2, 0.25) is 0 Å². The summed E-state index contributed by atoms with van der Waals surface area (Å²) in [6.07, 6.45) is 19.2. The van der Waals surface area contributed by atoms with Gasteiger partial charge in [0.05, 0.1) is 16.3 Å². The van der Waals surface area contributed by atoms with Crippen LogP contribution in [-0.4, -0.2) is 16.1 Å². The van der Waals surface area contributed by atoms with Crippen LogP contribution in [-0.2, 0) is 4.79 Å². The molecule has 1 radical (unpaired) electrons. The molecule has 0 unspecified atom stereocenters. The molecule has 149 valence electrons. The van der Waals surface area contributed by atoms with Gasteiger partial charge < -0.3 is 0 Å². The van der Waals surface area contributed by atoms with Gasteiger partial charge in [-0.05, 0) is 44.3 Å². The number of nitro groups is 2. The fraction of sp³-hybridized carbons (Fsp3) is 0.550. The van der Waals surface area contributed by atoms with E-state index in [1.807, 2.05) is 18.4 Å². The Morgan fingerprint density at radius 1 is 0.852 bits per heavy atom. The second-order valence-corrected chi connectivity index (χ2v) is 5.97. The van der Waals surface area contributed by atoms with Crippen LogP contribution in [0.1, 0.15) is 71.1 Å². The highest BCUT2D eigenvalue weighted by Gasteiger charge is 2.07. The van der Waals surface area contributed by atoms with Crippen molar-refractivity contribution in [3.05, 3.63) is 68.1 Å². The lowest BCUT2D eigenvalue weighted by Crippen LogP contribution is -1.97. The predicted molar refractivity (Wildman–Crippen MR) is 106 cm³/mol. The molecule has 0 saturated carbocycles. The lowest BCUT2D eigenvalue weighted by molar-refractivity contribution is -0.427. The summed E-state index contributed by atoms with van der Waals surface area (Å²) < 4.78 is 0. The summed E-state index contributed by atoms with van der Waals surface area (Å²) in [5, 5.41) is 21.7. The van der Waals surface area contributed by atoms with Crippen molar-refractivity contribution >= 4 is 6.29 Å². The number of hydrogen-bond acceptors (Lipinski definition) is 5. The van der Waals surface area contributed by atoms with Gasteiger partial charge in [0.25, 0.3) is 0 Å².